The van der Waals surface area contributed by atoms with Gasteiger partial charge in [0.1, 0.15) is 0 Å². The summed E-state index contributed by atoms with van der Waals surface area (Å²) in [6.07, 6.45) is 17.4. The predicted octanol–water partition coefficient (Wildman–Crippen LogP) is 6.61. The summed E-state index contributed by atoms with van der Waals surface area (Å²) in [5.41, 5.74) is 0. The van der Waals surface area contributed by atoms with Crippen LogP contribution in [0.2, 0.25) is 0 Å². The van der Waals surface area contributed by atoms with Crippen LogP contribution in [0.4, 0.5) is 0 Å². The smallest absolute Gasteiger partial charge is 0.00978 e. The normalized spacial score (nSPS) is 30.9. The van der Waals surface area contributed by atoms with Crippen LogP contribution in [0.3, 0.4) is 0 Å². The number of hydrogen-bond acceptors (Lipinski definition) is 1. The zero-order valence-electron chi connectivity index (χ0n) is 17.2. The Morgan fingerprint density at radius 3 is 2.38 bits per heavy atom. The van der Waals surface area contributed by atoms with E-state index in [1.807, 2.05) is 0 Å². The summed E-state index contributed by atoms with van der Waals surface area (Å²) in [6.45, 7) is 15.1. The number of nitrogens with one attached hydrogen (secondary N) is 1. The van der Waals surface area contributed by atoms with Gasteiger partial charge in [-0.05, 0) is 75.7 Å². The second-order valence-electron chi connectivity index (χ2n) is 8.27. The van der Waals surface area contributed by atoms with Crippen molar-refractivity contribution in [3.63, 3.8) is 0 Å². The lowest BCUT2D eigenvalue weighted by molar-refractivity contribution is 0.127. The average molecular weight is 334 g/mol. The summed E-state index contributed by atoms with van der Waals surface area (Å²) in [6, 6.07) is 0.721. The molecular formula is C23H43N. The van der Waals surface area contributed by atoms with E-state index < -0.39 is 0 Å². The van der Waals surface area contributed by atoms with Crippen molar-refractivity contribution >= 4 is 0 Å². The number of hydrogen-bond donors (Lipinski definition) is 1. The molecule has 0 saturated heterocycles. The van der Waals surface area contributed by atoms with E-state index in [2.05, 4.69) is 71.2 Å². The Hall–Kier alpha value is -0.560. The fourth-order valence-corrected chi connectivity index (χ4v) is 4.56. The van der Waals surface area contributed by atoms with Gasteiger partial charge in [0, 0.05) is 6.04 Å². The zero-order chi connectivity index (χ0) is 17.9. The first-order chi connectivity index (χ1) is 11.5. The van der Waals surface area contributed by atoms with E-state index in [1.165, 1.54) is 45.1 Å². The molecule has 1 heteroatoms. The summed E-state index contributed by atoms with van der Waals surface area (Å²) < 4.78 is 0. The lowest BCUT2D eigenvalue weighted by Crippen LogP contribution is -2.44. The van der Waals surface area contributed by atoms with Gasteiger partial charge in [-0.25, -0.2) is 0 Å². The lowest BCUT2D eigenvalue weighted by atomic mass is 9.68. The molecule has 1 aliphatic rings. The van der Waals surface area contributed by atoms with Gasteiger partial charge >= 0.3 is 0 Å². The molecule has 0 amide bonds. The molecule has 0 aliphatic heterocycles. The zero-order valence-corrected chi connectivity index (χ0v) is 17.2. The SMILES string of the molecule is C/C=C\C(C)C(/C=C\C)CC1CC(C)CC(NCCCCC)C1C. The summed E-state index contributed by atoms with van der Waals surface area (Å²) in [5.74, 6) is 3.84. The van der Waals surface area contributed by atoms with Crippen LogP contribution >= 0.6 is 0 Å². The molecule has 0 aromatic carbocycles. The molecule has 0 spiro atoms. The van der Waals surface area contributed by atoms with Crippen LogP contribution in [-0.2, 0) is 0 Å². The Balaban J connectivity index is 2.66. The van der Waals surface area contributed by atoms with Crippen molar-refractivity contribution in [3.8, 4) is 0 Å². The van der Waals surface area contributed by atoms with Crippen molar-refractivity contribution in [2.75, 3.05) is 6.54 Å². The highest BCUT2D eigenvalue weighted by Gasteiger charge is 2.34. The first-order valence-electron chi connectivity index (χ1n) is 10.5. The Morgan fingerprint density at radius 1 is 1.04 bits per heavy atom. The van der Waals surface area contributed by atoms with Gasteiger partial charge in [0.15, 0.2) is 0 Å². The van der Waals surface area contributed by atoms with Crippen molar-refractivity contribution in [2.45, 2.75) is 86.1 Å². The van der Waals surface area contributed by atoms with Gasteiger partial charge in [0.25, 0.3) is 0 Å². The molecule has 0 radical (unpaired) electrons. The number of allylic oxidation sites excluding steroid dienone is 4. The van der Waals surface area contributed by atoms with Crippen LogP contribution in [0.5, 0.6) is 0 Å². The highest BCUT2D eigenvalue weighted by molar-refractivity contribution is 4.99. The van der Waals surface area contributed by atoms with Crippen molar-refractivity contribution in [1.82, 2.24) is 5.32 Å². The molecule has 0 heterocycles. The van der Waals surface area contributed by atoms with E-state index in [0.29, 0.717) is 11.8 Å². The molecule has 0 aromatic rings. The molecular weight excluding hydrogens is 290 g/mol. The molecule has 1 saturated carbocycles. The fraction of sp³-hybridized carbons (Fsp3) is 0.826. The maximum atomic E-state index is 3.89. The molecule has 1 rings (SSSR count). The third kappa shape index (κ3) is 7.13. The van der Waals surface area contributed by atoms with Gasteiger partial charge in [0.2, 0.25) is 0 Å². The molecule has 0 bridgehead atoms. The number of unbranched alkanes of at least 4 members (excludes halogenated alkanes) is 2. The molecule has 6 unspecified atom stereocenters. The van der Waals surface area contributed by atoms with E-state index in [-0.39, 0.29) is 0 Å². The van der Waals surface area contributed by atoms with Crippen LogP contribution in [0.25, 0.3) is 0 Å². The van der Waals surface area contributed by atoms with Crippen molar-refractivity contribution in [2.24, 2.45) is 29.6 Å². The van der Waals surface area contributed by atoms with Crippen LogP contribution in [0.15, 0.2) is 24.3 Å². The van der Waals surface area contributed by atoms with Crippen LogP contribution in [0.1, 0.15) is 80.1 Å². The van der Waals surface area contributed by atoms with E-state index in [0.717, 1.165) is 23.8 Å². The van der Waals surface area contributed by atoms with Gasteiger partial charge < -0.3 is 5.32 Å². The van der Waals surface area contributed by atoms with Crippen molar-refractivity contribution in [1.29, 1.82) is 0 Å². The fourth-order valence-electron chi connectivity index (χ4n) is 4.56. The van der Waals surface area contributed by atoms with Crippen molar-refractivity contribution < 1.29 is 0 Å². The first-order valence-corrected chi connectivity index (χ1v) is 10.5. The molecule has 0 aromatic heterocycles. The third-order valence-corrected chi connectivity index (χ3v) is 6.11. The summed E-state index contributed by atoms with van der Waals surface area (Å²) >= 11 is 0. The largest absolute Gasteiger partial charge is 0.314 e. The molecule has 140 valence electrons. The van der Waals surface area contributed by atoms with Gasteiger partial charge in [-0.15, -0.1) is 0 Å². The highest BCUT2D eigenvalue weighted by atomic mass is 14.9. The lowest BCUT2D eigenvalue weighted by Gasteiger charge is -2.41. The standard InChI is InChI=1S/C23H43N/c1-7-10-11-14-24-23-16-18(4)15-22(20(23)6)17-21(13-9-3)19(5)12-8-2/h8-9,12-13,18-24H,7,10-11,14-17H2,1-6H3/b12-8-,13-9-. The van der Waals surface area contributed by atoms with Crippen LogP contribution in [0, 0.1) is 29.6 Å². The minimum Gasteiger partial charge on any atom is -0.314 e. The predicted molar refractivity (Wildman–Crippen MR) is 109 cm³/mol. The number of rotatable bonds is 10. The first kappa shape index (κ1) is 21.5. The summed E-state index contributed by atoms with van der Waals surface area (Å²) in [5, 5.41) is 3.89. The minimum atomic E-state index is 0.645. The van der Waals surface area contributed by atoms with E-state index in [4.69, 9.17) is 0 Å². The molecule has 1 N–H and O–H groups in total. The monoisotopic (exact) mass is 333 g/mol. The van der Waals surface area contributed by atoms with Crippen LogP contribution < -0.4 is 5.32 Å². The summed E-state index contributed by atoms with van der Waals surface area (Å²) in [4.78, 5) is 0. The topological polar surface area (TPSA) is 12.0 Å². The maximum Gasteiger partial charge on any atom is 0.00978 e. The van der Waals surface area contributed by atoms with E-state index in [1.54, 1.807) is 0 Å². The van der Waals surface area contributed by atoms with Gasteiger partial charge in [0.05, 0.1) is 0 Å². The van der Waals surface area contributed by atoms with Gasteiger partial charge in [-0.3, -0.25) is 0 Å². The Kier molecular flexibility index (Phi) is 10.7. The second-order valence-corrected chi connectivity index (χ2v) is 8.27. The quantitative estimate of drug-likeness (QED) is 0.350. The van der Waals surface area contributed by atoms with Crippen molar-refractivity contribution in [3.05, 3.63) is 24.3 Å². The second kappa shape index (κ2) is 11.9. The van der Waals surface area contributed by atoms with Crippen LogP contribution in [-0.4, -0.2) is 12.6 Å². The Bertz CT molecular complexity index is 370. The molecule has 1 aliphatic carbocycles. The Labute approximate surface area is 152 Å². The van der Waals surface area contributed by atoms with Gasteiger partial charge in [-0.1, -0.05) is 64.8 Å². The van der Waals surface area contributed by atoms with Gasteiger partial charge in [-0.2, -0.15) is 0 Å². The average Bonchev–Trinajstić information content (AvgIpc) is 2.55. The Morgan fingerprint density at radius 2 is 1.75 bits per heavy atom. The van der Waals surface area contributed by atoms with E-state index in [9.17, 15) is 0 Å². The third-order valence-electron chi connectivity index (χ3n) is 6.11. The molecule has 1 fully saturated rings. The minimum absolute atomic E-state index is 0.645. The molecule has 24 heavy (non-hydrogen) atoms. The van der Waals surface area contributed by atoms with E-state index >= 15 is 0 Å². The molecule has 1 nitrogen and oxygen atoms in total. The summed E-state index contributed by atoms with van der Waals surface area (Å²) in [7, 11) is 0. The molecule has 6 atom stereocenters. The highest BCUT2D eigenvalue weighted by Crippen LogP contribution is 2.39. The maximum absolute atomic E-state index is 3.89.